The molecule has 1 aliphatic rings. The fraction of sp³-hybridized carbons (Fsp3) is 0.889. The van der Waals surface area contributed by atoms with E-state index in [1.807, 2.05) is 0 Å². The van der Waals surface area contributed by atoms with Gasteiger partial charge in [-0.05, 0) is 12.2 Å². The molecule has 0 spiro atoms. The largest absolute Gasteiger partial charge is 0.394 e. The second-order valence-electron chi connectivity index (χ2n) is 3.40. The standard InChI is InChI=1S/C9H17NO3S/c1-13-5-8(4-11)10-9(12)7-2-3-14-6-7/h7-8,11H,2-6H2,1H3,(H,10,12). The highest BCUT2D eigenvalue weighted by molar-refractivity contribution is 7.99. The van der Waals surface area contributed by atoms with E-state index in [9.17, 15) is 4.79 Å². The summed E-state index contributed by atoms with van der Waals surface area (Å²) in [7, 11) is 1.56. The maximum absolute atomic E-state index is 11.6. The number of carbonyl (C=O) groups is 1. The molecule has 82 valence electrons. The Labute approximate surface area is 88.4 Å². The molecule has 1 fully saturated rings. The molecule has 0 aromatic rings. The third-order valence-electron chi connectivity index (χ3n) is 2.24. The van der Waals surface area contributed by atoms with Crippen LogP contribution in [0.2, 0.25) is 0 Å². The Kier molecular flexibility index (Phi) is 5.29. The summed E-state index contributed by atoms with van der Waals surface area (Å²) in [5.41, 5.74) is 0. The van der Waals surface area contributed by atoms with Gasteiger partial charge in [0.25, 0.3) is 0 Å². The van der Waals surface area contributed by atoms with Gasteiger partial charge in [0.1, 0.15) is 0 Å². The van der Waals surface area contributed by atoms with Crippen LogP contribution in [0.5, 0.6) is 0 Å². The van der Waals surface area contributed by atoms with Crippen LogP contribution in [0.3, 0.4) is 0 Å². The van der Waals surface area contributed by atoms with Gasteiger partial charge < -0.3 is 15.2 Å². The number of ether oxygens (including phenoxy) is 1. The Morgan fingerprint density at radius 1 is 1.79 bits per heavy atom. The van der Waals surface area contributed by atoms with E-state index < -0.39 is 0 Å². The number of thioether (sulfide) groups is 1. The Balaban J connectivity index is 2.29. The molecule has 1 amide bonds. The zero-order valence-electron chi connectivity index (χ0n) is 8.36. The Hall–Kier alpha value is -0.260. The first-order valence-corrected chi connectivity index (χ1v) is 5.91. The van der Waals surface area contributed by atoms with Crippen molar-refractivity contribution in [3.8, 4) is 0 Å². The normalized spacial score (nSPS) is 23.4. The van der Waals surface area contributed by atoms with Crippen molar-refractivity contribution in [1.29, 1.82) is 0 Å². The van der Waals surface area contributed by atoms with Crippen LogP contribution in [0.1, 0.15) is 6.42 Å². The second kappa shape index (κ2) is 6.27. The van der Waals surface area contributed by atoms with Crippen molar-refractivity contribution in [2.45, 2.75) is 12.5 Å². The molecule has 0 aromatic heterocycles. The third kappa shape index (κ3) is 3.48. The lowest BCUT2D eigenvalue weighted by Crippen LogP contribution is -2.43. The van der Waals surface area contributed by atoms with Crippen LogP contribution in [0.25, 0.3) is 0 Å². The highest BCUT2D eigenvalue weighted by Gasteiger charge is 2.24. The SMILES string of the molecule is COCC(CO)NC(=O)C1CCSC1. The summed E-state index contributed by atoms with van der Waals surface area (Å²) in [5.74, 6) is 2.13. The van der Waals surface area contributed by atoms with E-state index in [1.165, 1.54) is 0 Å². The smallest absolute Gasteiger partial charge is 0.224 e. The van der Waals surface area contributed by atoms with Crippen LogP contribution in [-0.2, 0) is 9.53 Å². The van der Waals surface area contributed by atoms with Crippen molar-refractivity contribution in [2.75, 3.05) is 31.8 Å². The molecule has 2 N–H and O–H groups in total. The number of aliphatic hydroxyl groups excluding tert-OH is 1. The summed E-state index contributed by atoms with van der Waals surface area (Å²) in [4.78, 5) is 11.6. The van der Waals surface area contributed by atoms with E-state index >= 15 is 0 Å². The number of rotatable bonds is 5. The summed E-state index contributed by atoms with van der Waals surface area (Å²) in [6.07, 6.45) is 0.946. The third-order valence-corrected chi connectivity index (χ3v) is 3.40. The van der Waals surface area contributed by atoms with E-state index in [0.29, 0.717) is 6.61 Å². The summed E-state index contributed by atoms with van der Waals surface area (Å²) in [6, 6.07) is -0.266. The monoisotopic (exact) mass is 219 g/mol. The first kappa shape index (κ1) is 11.8. The molecular weight excluding hydrogens is 202 g/mol. The highest BCUT2D eigenvalue weighted by atomic mass is 32.2. The zero-order chi connectivity index (χ0) is 10.4. The topological polar surface area (TPSA) is 58.6 Å². The van der Waals surface area contributed by atoms with Crippen LogP contribution in [0.4, 0.5) is 0 Å². The average Bonchev–Trinajstić information content (AvgIpc) is 2.69. The Morgan fingerprint density at radius 3 is 3.07 bits per heavy atom. The molecule has 14 heavy (non-hydrogen) atoms. The fourth-order valence-electron chi connectivity index (χ4n) is 1.40. The molecule has 1 saturated heterocycles. The molecule has 2 atom stereocenters. The van der Waals surface area contributed by atoms with Gasteiger partial charge in [0, 0.05) is 18.8 Å². The minimum absolute atomic E-state index is 0.0473. The quantitative estimate of drug-likeness (QED) is 0.676. The van der Waals surface area contributed by atoms with Gasteiger partial charge in [-0.1, -0.05) is 0 Å². The maximum Gasteiger partial charge on any atom is 0.224 e. The van der Waals surface area contributed by atoms with Crippen LogP contribution in [0.15, 0.2) is 0 Å². The number of hydrogen-bond donors (Lipinski definition) is 2. The van der Waals surface area contributed by atoms with Crippen molar-refractivity contribution in [3.63, 3.8) is 0 Å². The predicted molar refractivity (Wildman–Crippen MR) is 56.3 cm³/mol. The average molecular weight is 219 g/mol. The van der Waals surface area contributed by atoms with E-state index in [1.54, 1.807) is 18.9 Å². The number of methoxy groups -OCH3 is 1. The van der Waals surface area contributed by atoms with Gasteiger partial charge in [0.15, 0.2) is 0 Å². The lowest BCUT2D eigenvalue weighted by Gasteiger charge is -2.17. The molecule has 1 aliphatic heterocycles. The Morgan fingerprint density at radius 2 is 2.57 bits per heavy atom. The molecule has 0 radical (unpaired) electrons. The molecule has 0 saturated carbocycles. The van der Waals surface area contributed by atoms with Crippen molar-refractivity contribution in [3.05, 3.63) is 0 Å². The Bertz CT molecular complexity index is 183. The number of aliphatic hydroxyl groups is 1. The van der Waals surface area contributed by atoms with Crippen LogP contribution in [0, 0.1) is 5.92 Å². The molecule has 0 aliphatic carbocycles. The lowest BCUT2D eigenvalue weighted by atomic mass is 10.1. The van der Waals surface area contributed by atoms with E-state index in [2.05, 4.69) is 5.32 Å². The minimum atomic E-state index is -0.266. The number of hydrogen-bond acceptors (Lipinski definition) is 4. The van der Waals surface area contributed by atoms with Gasteiger partial charge in [-0.2, -0.15) is 11.8 Å². The number of amides is 1. The first-order valence-electron chi connectivity index (χ1n) is 4.75. The molecule has 1 heterocycles. The summed E-state index contributed by atoms with van der Waals surface area (Å²) >= 11 is 1.80. The second-order valence-corrected chi connectivity index (χ2v) is 4.55. The van der Waals surface area contributed by atoms with Gasteiger partial charge >= 0.3 is 0 Å². The first-order chi connectivity index (χ1) is 6.77. The van der Waals surface area contributed by atoms with Gasteiger partial charge in [-0.3, -0.25) is 4.79 Å². The van der Waals surface area contributed by atoms with Gasteiger partial charge in [-0.15, -0.1) is 0 Å². The van der Waals surface area contributed by atoms with Crippen molar-refractivity contribution in [2.24, 2.45) is 5.92 Å². The van der Waals surface area contributed by atoms with Gasteiger partial charge in [-0.25, -0.2) is 0 Å². The summed E-state index contributed by atoms with van der Waals surface area (Å²) in [5, 5.41) is 11.7. The number of carbonyl (C=O) groups excluding carboxylic acids is 1. The molecule has 2 unspecified atom stereocenters. The predicted octanol–water partition coefficient (Wildman–Crippen LogP) is -0.137. The van der Waals surface area contributed by atoms with Gasteiger partial charge in [0.05, 0.1) is 19.3 Å². The van der Waals surface area contributed by atoms with Crippen LogP contribution >= 0.6 is 11.8 Å². The van der Waals surface area contributed by atoms with E-state index in [0.717, 1.165) is 17.9 Å². The molecule has 1 rings (SSSR count). The summed E-state index contributed by atoms with van der Waals surface area (Å²) in [6.45, 7) is 0.293. The molecule has 0 bridgehead atoms. The number of nitrogens with one attached hydrogen (secondary N) is 1. The zero-order valence-corrected chi connectivity index (χ0v) is 9.18. The van der Waals surface area contributed by atoms with E-state index in [4.69, 9.17) is 9.84 Å². The fourth-order valence-corrected chi connectivity index (χ4v) is 2.62. The maximum atomic E-state index is 11.6. The van der Waals surface area contributed by atoms with Crippen molar-refractivity contribution in [1.82, 2.24) is 5.32 Å². The molecular formula is C9H17NO3S. The van der Waals surface area contributed by atoms with Crippen molar-refractivity contribution >= 4 is 17.7 Å². The van der Waals surface area contributed by atoms with E-state index in [-0.39, 0.29) is 24.5 Å². The summed E-state index contributed by atoms with van der Waals surface area (Å²) < 4.78 is 4.88. The highest BCUT2D eigenvalue weighted by Crippen LogP contribution is 2.23. The molecule has 5 heteroatoms. The molecule has 0 aromatic carbocycles. The van der Waals surface area contributed by atoms with Crippen molar-refractivity contribution < 1.29 is 14.6 Å². The molecule has 4 nitrogen and oxygen atoms in total. The van der Waals surface area contributed by atoms with Gasteiger partial charge in [0.2, 0.25) is 5.91 Å². The van der Waals surface area contributed by atoms with Crippen LogP contribution < -0.4 is 5.32 Å². The minimum Gasteiger partial charge on any atom is -0.394 e. The lowest BCUT2D eigenvalue weighted by molar-refractivity contribution is -0.125. The van der Waals surface area contributed by atoms with Crippen LogP contribution in [-0.4, -0.2) is 48.9 Å².